The summed E-state index contributed by atoms with van der Waals surface area (Å²) in [7, 11) is 3.34. The number of carbonyl (C=O) groups is 2. The Labute approximate surface area is 133 Å². The van der Waals surface area contributed by atoms with E-state index in [2.05, 4.69) is 5.32 Å². The summed E-state index contributed by atoms with van der Waals surface area (Å²) in [6, 6.07) is 3.07. The number of nitrogens with zero attached hydrogens (tertiary/aromatic N) is 1. The number of halogens is 2. The molecular weight excluding hydrogens is 306 g/mol. The summed E-state index contributed by atoms with van der Waals surface area (Å²) >= 11 is 0. The van der Waals surface area contributed by atoms with Crippen molar-refractivity contribution in [3.05, 3.63) is 47.2 Å². The normalized spacial score (nSPS) is 11.3. The van der Waals surface area contributed by atoms with Gasteiger partial charge in [-0.05, 0) is 13.0 Å². The lowest BCUT2D eigenvalue weighted by atomic mass is 10.1. The fourth-order valence-corrected chi connectivity index (χ4v) is 1.72. The van der Waals surface area contributed by atoms with E-state index in [0.717, 1.165) is 12.1 Å². The molecule has 0 saturated carbocycles. The molecule has 0 bridgehead atoms. The molecule has 0 heterocycles. The van der Waals surface area contributed by atoms with Crippen molar-refractivity contribution in [2.24, 2.45) is 0 Å². The number of carbonyl (C=O) groups excluding carboxylic acids is 2. The largest absolute Gasteiger partial charge is 0.383 e. The first-order chi connectivity index (χ1) is 10.8. The van der Waals surface area contributed by atoms with Crippen molar-refractivity contribution in [1.82, 2.24) is 10.2 Å². The van der Waals surface area contributed by atoms with Gasteiger partial charge in [0.2, 0.25) is 0 Å². The smallest absolute Gasteiger partial charge is 0.256 e. The third-order valence-corrected chi connectivity index (χ3v) is 2.82. The zero-order chi connectivity index (χ0) is 17.4. The summed E-state index contributed by atoms with van der Waals surface area (Å²) in [5, 5.41) is 2.45. The molecule has 5 nitrogen and oxygen atoms in total. The van der Waals surface area contributed by atoms with Crippen LogP contribution in [-0.4, -0.2) is 43.9 Å². The molecule has 126 valence electrons. The first kappa shape index (κ1) is 18.8. The third-order valence-electron chi connectivity index (χ3n) is 2.82. The molecular formula is C16H20F2N2O3. The van der Waals surface area contributed by atoms with Crippen LogP contribution in [0.15, 0.2) is 30.0 Å². The molecule has 1 aromatic rings. The standard InChI is InChI=1S/C16H20F2N2O3/c1-4-23-10-15(21)13(9-20(2)3)16(22)19-8-11-5-6-12(17)7-14(11)18/h5-7,9H,4,8,10H2,1-3H3,(H,19,22)/b13-9+. The Hall–Kier alpha value is -2.28. The Bertz CT molecular complexity index is 601. The van der Waals surface area contributed by atoms with E-state index in [9.17, 15) is 18.4 Å². The molecule has 1 rings (SSSR count). The van der Waals surface area contributed by atoms with Gasteiger partial charge < -0.3 is 15.0 Å². The van der Waals surface area contributed by atoms with Gasteiger partial charge in [0.1, 0.15) is 23.8 Å². The molecule has 1 aromatic carbocycles. The molecule has 1 amide bonds. The van der Waals surface area contributed by atoms with Crippen molar-refractivity contribution >= 4 is 11.7 Å². The van der Waals surface area contributed by atoms with Crippen LogP contribution in [0.4, 0.5) is 8.78 Å². The average Bonchev–Trinajstić information content (AvgIpc) is 2.49. The Kier molecular flexibility index (Phi) is 7.34. The van der Waals surface area contributed by atoms with Gasteiger partial charge in [-0.25, -0.2) is 8.78 Å². The first-order valence-electron chi connectivity index (χ1n) is 7.06. The van der Waals surface area contributed by atoms with E-state index in [0.29, 0.717) is 6.61 Å². The zero-order valence-electron chi connectivity index (χ0n) is 13.4. The van der Waals surface area contributed by atoms with Crippen LogP contribution in [0.1, 0.15) is 12.5 Å². The molecule has 0 aliphatic carbocycles. The predicted molar refractivity (Wildman–Crippen MR) is 81.5 cm³/mol. The minimum atomic E-state index is -0.760. The summed E-state index contributed by atoms with van der Waals surface area (Å²) in [6.07, 6.45) is 1.37. The second-order valence-electron chi connectivity index (χ2n) is 4.99. The minimum absolute atomic E-state index is 0.0917. The highest BCUT2D eigenvalue weighted by molar-refractivity contribution is 6.19. The van der Waals surface area contributed by atoms with Gasteiger partial charge in [-0.2, -0.15) is 0 Å². The zero-order valence-corrected chi connectivity index (χ0v) is 13.4. The summed E-state index contributed by atoms with van der Waals surface area (Å²) in [4.78, 5) is 25.7. The molecule has 0 spiro atoms. The van der Waals surface area contributed by atoms with Crippen molar-refractivity contribution in [2.75, 3.05) is 27.3 Å². The third kappa shape index (κ3) is 6.15. The number of nitrogens with one attached hydrogen (secondary N) is 1. The second kappa shape index (κ2) is 8.99. The average molecular weight is 326 g/mol. The SMILES string of the molecule is CCOCC(=O)/C(=C\N(C)C)C(=O)NCc1ccc(F)cc1F. The molecule has 1 N–H and O–H groups in total. The number of hydrogen-bond acceptors (Lipinski definition) is 4. The number of ketones is 1. The van der Waals surface area contributed by atoms with Gasteiger partial charge in [0.15, 0.2) is 5.78 Å². The van der Waals surface area contributed by atoms with Crippen LogP contribution < -0.4 is 5.32 Å². The van der Waals surface area contributed by atoms with Crippen molar-refractivity contribution in [1.29, 1.82) is 0 Å². The monoisotopic (exact) mass is 326 g/mol. The minimum Gasteiger partial charge on any atom is -0.383 e. The molecule has 0 atom stereocenters. The number of benzene rings is 1. The van der Waals surface area contributed by atoms with Gasteiger partial charge in [-0.15, -0.1) is 0 Å². The van der Waals surface area contributed by atoms with Gasteiger partial charge in [-0.1, -0.05) is 6.07 Å². The van der Waals surface area contributed by atoms with Crippen molar-refractivity contribution in [3.63, 3.8) is 0 Å². The molecule has 0 saturated heterocycles. The Morgan fingerprint density at radius 1 is 1.30 bits per heavy atom. The highest BCUT2D eigenvalue weighted by Crippen LogP contribution is 2.09. The van der Waals surface area contributed by atoms with E-state index in [-0.39, 0.29) is 24.3 Å². The topological polar surface area (TPSA) is 58.6 Å². The Morgan fingerprint density at radius 3 is 2.57 bits per heavy atom. The number of rotatable bonds is 8. The highest BCUT2D eigenvalue weighted by Gasteiger charge is 2.19. The van der Waals surface area contributed by atoms with E-state index in [1.807, 2.05) is 0 Å². The molecule has 0 fully saturated rings. The molecule has 0 aliphatic rings. The predicted octanol–water partition coefficient (Wildman–Crippen LogP) is 1.63. The molecule has 0 aliphatic heterocycles. The quantitative estimate of drug-likeness (QED) is 0.448. The summed E-state index contributed by atoms with van der Waals surface area (Å²) < 4.78 is 31.4. The van der Waals surface area contributed by atoms with Crippen LogP contribution >= 0.6 is 0 Å². The molecule has 7 heteroatoms. The van der Waals surface area contributed by atoms with Crippen LogP contribution in [0.25, 0.3) is 0 Å². The van der Waals surface area contributed by atoms with Crippen molar-refractivity contribution < 1.29 is 23.1 Å². The molecule has 0 unspecified atom stereocenters. The van der Waals surface area contributed by atoms with E-state index in [1.165, 1.54) is 12.3 Å². The van der Waals surface area contributed by atoms with Gasteiger partial charge in [0.25, 0.3) is 5.91 Å². The van der Waals surface area contributed by atoms with E-state index < -0.39 is 23.3 Å². The van der Waals surface area contributed by atoms with Crippen molar-refractivity contribution in [3.8, 4) is 0 Å². The number of ether oxygens (including phenoxy) is 1. The Balaban J connectivity index is 2.79. The summed E-state index contributed by atoms with van der Waals surface area (Å²) in [5.41, 5.74) is 0.0344. The second-order valence-corrected chi connectivity index (χ2v) is 4.99. The summed E-state index contributed by atoms with van der Waals surface area (Å²) in [6.45, 7) is 1.72. The van der Waals surface area contributed by atoms with E-state index in [1.54, 1.807) is 25.9 Å². The molecule has 23 heavy (non-hydrogen) atoms. The summed E-state index contributed by atoms with van der Waals surface area (Å²) in [5.74, 6) is -2.58. The lowest BCUT2D eigenvalue weighted by Crippen LogP contribution is -2.31. The fraction of sp³-hybridized carbons (Fsp3) is 0.375. The lowest BCUT2D eigenvalue weighted by molar-refractivity contribution is -0.125. The maximum atomic E-state index is 13.5. The highest BCUT2D eigenvalue weighted by atomic mass is 19.1. The molecule has 0 aromatic heterocycles. The number of Topliss-reactive ketones (excluding diaryl/α,β-unsaturated/α-hetero) is 1. The Morgan fingerprint density at radius 2 is 2.00 bits per heavy atom. The first-order valence-corrected chi connectivity index (χ1v) is 7.06. The maximum Gasteiger partial charge on any atom is 0.256 e. The maximum absolute atomic E-state index is 13.5. The van der Waals surface area contributed by atoms with Gasteiger partial charge in [0, 0.05) is 45.1 Å². The van der Waals surface area contributed by atoms with Crippen LogP contribution in [0, 0.1) is 11.6 Å². The van der Waals surface area contributed by atoms with E-state index >= 15 is 0 Å². The molecule has 0 radical (unpaired) electrons. The lowest BCUT2D eigenvalue weighted by Gasteiger charge is -2.12. The van der Waals surface area contributed by atoms with Crippen LogP contribution in [0.5, 0.6) is 0 Å². The van der Waals surface area contributed by atoms with Gasteiger partial charge in [-0.3, -0.25) is 9.59 Å². The number of amides is 1. The fourth-order valence-electron chi connectivity index (χ4n) is 1.72. The van der Waals surface area contributed by atoms with Gasteiger partial charge in [0.05, 0.1) is 0 Å². The van der Waals surface area contributed by atoms with E-state index in [4.69, 9.17) is 4.74 Å². The van der Waals surface area contributed by atoms with Crippen molar-refractivity contribution in [2.45, 2.75) is 13.5 Å². The number of hydrogen-bond donors (Lipinski definition) is 1. The van der Waals surface area contributed by atoms with Crippen LogP contribution in [0.2, 0.25) is 0 Å². The van der Waals surface area contributed by atoms with Crippen LogP contribution in [-0.2, 0) is 20.9 Å². The van der Waals surface area contributed by atoms with Crippen LogP contribution in [0.3, 0.4) is 0 Å². The van der Waals surface area contributed by atoms with Gasteiger partial charge >= 0.3 is 0 Å².